The SMILES string of the molecule is O=C(O)Nc1c2c(nn1-c1ccccc1)CSC2. The van der Waals surface area contributed by atoms with Gasteiger partial charge in [-0.05, 0) is 12.1 Å². The molecule has 5 nitrogen and oxygen atoms in total. The third kappa shape index (κ3) is 1.84. The Kier molecular flexibility index (Phi) is 2.71. The van der Waals surface area contributed by atoms with E-state index in [1.807, 2.05) is 30.3 Å². The Balaban J connectivity index is 2.12. The molecule has 1 aromatic heterocycles. The normalized spacial score (nSPS) is 13.3. The Morgan fingerprint density at radius 1 is 1.33 bits per heavy atom. The number of amides is 1. The number of benzene rings is 1. The van der Waals surface area contributed by atoms with Gasteiger partial charge in [0, 0.05) is 17.1 Å². The number of para-hydroxylation sites is 1. The average molecular weight is 261 g/mol. The molecule has 0 fully saturated rings. The average Bonchev–Trinajstić information content (AvgIpc) is 2.93. The van der Waals surface area contributed by atoms with Gasteiger partial charge in [-0.1, -0.05) is 18.2 Å². The number of carbonyl (C=O) groups is 1. The van der Waals surface area contributed by atoms with E-state index in [0.717, 1.165) is 28.5 Å². The molecule has 0 saturated heterocycles. The molecule has 18 heavy (non-hydrogen) atoms. The Hall–Kier alpha value is -1.95. The minimum Gasteiger partial charge on any atom is -0.465 e. The number of aromatic nitrogens is 2. The molecule has 0 saturated carbocycles. The highest BCUT2D eigenvalue weighted by atomic mass is 32.2. The lowest BCUT2D eigenvalue weighted by Crippen LogP contribution is -2.13. The summed E-state index contributed by atoms with van der Waals surface area (Å²) in [6, 6.07) is 9.54. The molecule has 1 aromatic carbocycles. The molecule has 0 atom stereocenters. The van der Waals surface area contributed by atoms with Crippen LogP contribution in [0.5, 0.6) is 0 Å². The second kappa shape index (κ2) is 4.38. The summed E-state index contributed by atoms with van der Waals surface area (Å²) in [6.07, 6.45) is -1.06. The molecule has 1 aliphatic heterocycles. The van der Waals surface area contributed by atoms with Crippen LogP contribution in [0.2, 0.25) is 0 Å². The molecule has 0 radical (unpaired) electrons. The van der Waals surface area contributed by atoms with E-state index in [1.165, 1.54) is 0 Å². The van der Waals surface area contributed by atoms with Crippen molar-refractivity contribution in [2.75, 3.05) is 5.32 Å². The molecule has 2 heterocycles. The maximum atomic E-state index is 10.9. The highest BCUT2D eigenvalue weighted by molar-refractivity contribution is 7.98. The van der Waals surface area contributed by atoms with Crippen LogP contribution in [0.1, 0.15) is 11.3 Å². The van der Waals surface area contributed by atoms with E-state index >= 15 is 0 Å². The van der Waals surface area contributed by atoms with Crippen molar-refractivity contribution in [3.8, 4) is 5.69 Å². The van der Waals surface area contributed by atoms with Gasteiger partial charge in [-0.2, -0.15) is 16.9 Å². The smallest absolute Gasteiger partial charge is 0.410 e. The van der Waals surface area contributed by atoms with Crippen LogP contribution in [0.3, 0.4) is 0 Å². The maximum Gasteiger partial charge on any atom is 0.410 e. The van der Waals surface area contributed by atoms with Crippen LogP contribution < -0.4 is 5.32 Å². The monoisotopic (exact) mass is 261 g/mol. The zero-order valence-electron chi connectivity index (χ0n) is 9.46. The number of carboxylic acid groups (broad SMARTS) is 1. The number of thioether (sulfide) groups is 1. The number of nitrogens with zero attached hydrogens (tertiary/aromatic N) is 2. The van der Waals surface area contributed by atoms with E-state index in [0.29, 0.717) is 5.82 Å². The van der Waals surface area contributed by atoms with Crippen molar-refractivity contribution in [2.45, 2.75) is 11.5 Å². The predicted molar refractivity (Wildman–Crippen MR) is 70.2 cm³/mol. The van der Waals surface area contributed by atoms with Gasteiger partial charge in [0.15, 0.2) is 0 Å². The Morgan fingerprint density at radius 3 is 2.83 bits per heavy atom. The Morgan fingerprint density at radius 2 is 2.11 bits per heavy atom. The van der Waals surface area contributed by atoms with Crippen molar-refractivity contribution in [3.05, 3.63) is 41.6 Å². The topological polar surface area (TPSA) is 67.2 Å². The molecule has 2 aromatic rings. The van der Waals surface area contributed by atoms with E-state index in [2.05, 4.69) is 10.4 Å². The van der Waals surface area contributed by atoms with Gasteiger partial charge in [0.2, 0.25) is 0 Å². The van der Waals surface area contributed by atoms with Crippen LogP contribution >= 0.6 is 11.8 Å². The summed E-state index contributed by atoms with van der Waals surface area (Å²) in [6.45, 7) is 0. The lowest BCUT2D eigenvalue weighted by molar-refractivity contribution is 0.209. The van der Waals surface area contributed by atoms with Crippen LogP contribution in [-0.2, 0) is 11.5 Å². The van der Waals surface area contributed by atoms with Gasteiger partial charge >= 0.3 is 6.09 Å². The fourth-order valence-corrected chi connectivity index (χ4v) is 3.03. The molecule has 6 heteroatoms. The maximum absolute atomic E-state index is 10.9. The van der Waals surface area contributed by atoms with E-state index in [4.69, 9.17) is 5.11 Å². The number of fused-ring (bicyclic) bond motifs is 1. The Labute approximate surface area is 108 Å². The van der Waals surface area contributed by atoms with E-state index in [1.54, 1.807) is 16.4 Å². The summed E-state index contributed by atoms with van der Waals surface area (Å²) < 4.78 is 1.67. The van der Waals surface area contributed by atoms with Gasteiger partial charge in [-0.25, -0.2) is 9.48 Å². The molecule has 1 amide bonds. The molecule has 0 aliphatic carbocycles. The van der Waals surface area contributed by atoms with Crippen molar-refractivity contribution < 1.29 is 9.90 Å². The summed E-state index contributed by atoms with van der Waals surface area (Å²) in [4.78, 5) is 10.9. The van der Waals surface area contributed by atoms with Crippen molar-refractivity contribution in [3.63, 3.8) is 0 Å². The third-order valence-corrected chi connectivity index (χ3v) is 3.75. The lowest BCUT2D eigenvalue weighted by atomic mass is 10.2. The second-order valence-electron chi connectivity index (χ2n) is 3.94. The lowest BCUT2D eigenvalue weighted by Gasteiger charge is -2.08. The van der Waals surface area contributed by atoms with Gasteiger partial charge in [0.05, 0.1) is 11.4 Å². The third-order valence-electron chi connectivity index (χ3n) is 2.78. The standard InChI is InChI=1S/C12H11N3O2S/c16-12(17)13-11-9-6-18-7-10(9)14-15(11)8-4-2-1-3-5-8/h1-5,13H,6-7H2,(H,16,17). The minimum absolute atomic E-state index is 0.564. The zero-order chi connectivity index (χ0) is 12.5. The fraction of sp³-hybridized carbons (Fsp3) is 0.167. The van der Waals surface area contributed by atoms with Crippen LogP contribution in [0, 0.1) is 0 Å². The minimum atomic E-state index is -1.06. The van der Waals surface area contributed by atoms with E-state index in [-0.39, 0.29) is 0 Å². The molecule has 92 valence electrons. The first kappa shape index (κ1) is 11.2. The molecule has 3 rings (SSSR count). The quantitative estimate of drug-likeness (QED) is 0.872. The largest absolute Gasteiger partial charge is 0.465 e. The van der Waals surface area contributed by atoms with Gasteiger partial charge in [0.1, 0.15) is 5.82 Å². The second-order valence-corrected chi connectivity index (χ2v) is 4.93. The van der Waals surface area contributed by atoms with Crippen LogP contribution in [-0.4, -0.2) is 21.0 Å². The summed E-state index contributed by atoms with van der Waals surface area (Å²) in [5, 5.41) is 15.9. The number of nitrogens with one attached hydrogen (secondary N) is 1. The van der Waals surface area contributed by atoms with Crippen molar-refractivity contribution in [1.29, 1.82) is 0 Å². The van der Waals surface area contributed by atoms with E-state index < -0.39 is 6.09 Å². The summed E-state index contributed by atoms with van der Waals surface area (Å²) >= 11 is 1.75. The first-order valence-corrected chi connectivity index (χ1v) is 6.65. The van der Waals surface area contributed by atoms with Crippen molar-refractivity contribution in [2.24, 2.45) is 0 Å². The molecular weight excluding hydrogens is 250 g/mol. The van der Waals surface area contributed by atoms with Crippen molar-refractivity contribution >= 4 is 23.7 Å². The molecule has 0 spiro atoms. The molecule has 0 unspecified atom stereocenters. The highest BCUT2D eigenvalue weighted by Gasteiger charge is 2.24. The summed E-state index contributed by atoms with van der Waals surface area (Å²) in [5.74, 6) is 2.20. The molecule has 2 N–H and O–H groups in total. The number of rotatable bonds is 2. The van der Waals surface area contributed by atoms with Crippen molar-refractivity contribution in [1.82, 2.24) is 9.78 Å². The van der Waals surface area contributed by atoms with Crippen LogP contribution in [0.15, 0.2) is 30.3 Å². The van der Waals surface area contributed by atoms with Crippen LogP contribution in [0.4, 0.5) is 10.6 Å². The number of hydrogen-bond acceptors (Lipinski definition) is 3. The fourth-order valence-electron chi connectivity index (χ4n) is 2.00. The molecular formula is C12H11N3O2S. The highest BCUT2D eigenvalue weighted by Crippen LogP contribution is 2.35. The Bertz CT molecular complexity index is 595. The van der Waals surface area contributed by atoms with Gasteiger partial charge in [-0.3, -0.25) is 5.32 Å². The first-order chi connectivity index (χ1) is 8.75. The van der Waals surface area contributed by atoms with Gasteiger partial charge < -0.3 is 5.11 Å². The number of anilines is 1. The predicted octanol–water partition coefficient (Wildman–Crippen LogP) is 2.71. The van der Waals surface area contributed by atoms with Gasteiger partial charge in [-0.15, -0.1) is 0 Å². The summed E-state index contributed by atoms with van der Waals surface area (Å²) in [7, 11) is 0. The molecule has 0 bridgehead atoms. The molecule has 1 aliphatic rings. The zero-order valence-corrected chi connectivity index (χ0v) is 10.3. The van der Waals surface area contributed by atoms with E-state index in [9.17, 15) is 4.79 Å². The van der Waals surface area contributed by atoms with Crippen LogP contribution in [0.25, 0.3) is 5.69 Å². The number of hydrogen-bond donors (Lipinski definition) is 2. The first-order valence-electron chi connectivity index (χ1n) is 5.49. The summed E-state index contributed by atoms with van der Waals surface area (Å²) in [5.41, 5.74) is 2.82. The van der Waals surface area contributed by atoms with Gasteiger partial charge in [0.25, 0.3) is 0 Å².